The van der Waals surface area contributed by atoms with Crippen molar-refractivity contribution in [3.8, 4) is 11.6 Å². The number of hydrogen-bond donors (Lipinski definition) is 1. The molecule has 0 saturated carbocycles. The van der Waals surface area contributed by atoms with Crippen LogP contribution in [0.15, 0.2) is 63.5 Å². The lowest BCUT2D eigenvalue weighted by molar-refractivity contribution is -0.117. The van der Waals surface area contributed by atoms with Crippen LogP contribution in [0.5, 0.6) is 0 Å². The number of halogens is 1. The Hall–Kier alpha value is -3.76. The number of hydrogen-bond acceptors (Lipinski definition) is 7. The van der Waals surface area contributed by atoms with Crippen molar-refractivity contribution in [1.29, 1.82) is 0 Å². The molecule has 0 aliphatic heterocycles. The summed E-state index contributed by atoms with van der Waals surface area (Å²) in [5, 5.41) is 7.61. The lowest BCUT2D eigenvalue weighted by Crippen LogP contribution is -2.25. The molecule has 2 aromatic carbocycles. The van der Waals surface area contributed by atoms with Crippen molar-refractivity contribution in [1.82, 2.24) is 24.3 Å². The molecular formula is C22H17ClN6O3S. The summed E-state index contributed by atoms with van der Waals surface area (Å²) in [6.45, 7) is 2.15. The molecule has 5 aromatic rings. The number of benzene rings is 2. The SMILES string of the molecule is Cc1c(-c2nn(CC(=O)Nc3ccc4ncsc4c3)c(=O)o2)ncn1Cc1ccc(Cl)cc1. The molecule has 0 saturated heterocycles. The monoisotopic (exact) mass is 480 g/mol. The van der Waals surface area contributed by atoms with E-state index in [0.717, 1.165) is 26.2 Å². The van der Waals surface area contributed by atoms with Crippen LogP contribution in [0.2, 0.25) is 5.02 Å². The van der Waals surface area contributed by atoms with Crippen LogP contribution in [0.1, 0.15) is 11.3 Å². The summed E-state index contributed by atoms with van der Waals surface area (Å²) in [7, 11) is 0. The molecule has 0 atom stereocenters. The fourth-order valence-electron chi connectivity index (χ4n) is 3.37. The van der Waals surface area contributed by atoms with Crippen LogP contribution in [0.3, 0.4) is 0 Å². The third-order valence-corrected chi connectivity index (χ3v) is 6.13. The Balaban J connectivity index is 1.31. The Morgan fingerprint density at radius 1 is 1.18 bits per heavy atom. The first-order valence-corrected chi connectivity index (χ1v) is 11.2. The number of thiazole rings is 1. The molecule has 3 heterocycles. The maximum Gasteiger partial charge on any atom is 0.437 e. The van der Waals surface area contributed by atoms with Crippen LogP contribution in [0.25, 0.3) is 21.8 Å². The number of imidazole rings is 1. The first-order chi connectivity index (χ1) is 16.0. The van der Waals surface area contributed by atoms with Gasteiger partial charge in [0.15, 0.2) is 0 Å². The van der Waals surface area contributed by atoms with E-state index in [1.165, 1.54) is 11.3 Å². The van der Waals surface area contributed by atoms with Crippen LogP contribution < -0.4 is 11.1 Å². The topological polar surface area (TPSA) is 108 Å². The van der Waals surface area contributed by atoms with Crippen molar-refractivity contribution in [3.63, 3.8) is 0 Å². The normalized spacial score (nSPS) is 11.2. The fourth-order valence-corrected chi connectivity index (χ4v) is 4.21. The lowest BCUT2D eigenvalue weighted by Gasteiger charge is -2.05. The van der Waals surface area contributed by atoms with E-state index in [2.05, 4.69) is 20.4 Å². The second kappa shape index (κ2) is 8.64. The standard InChI is InChI=1S/C22H17ClN6O3S/c1-13-20(24-11-28(13)9-14-2-4-15(23)5-3-14)21-27-29(22(31)32-21)10-19(30)26-16-6-7-17-18(8-16)33-12-25-17/h2-8,11-12H,9-10H2,1H3,(H,26,30). The number of nitrogens with zero attached hydrogens (tertiary/aromatic N) is 5. The van der Waals surface area contributed by atoms with Gasteiger partial charge in [0.25, 0.3) is 5.89 Å². The zero-order valence-corrected chi connectivity index (χ0v) is 18.9. The molecule has 5 rings (SSSR count). The third-order valence-electron chi connectivity index (χ3n) is 5.08. The fraction of sp³-hybridized carbons (Fsp3) is 0.136. The van der Waals surface area contributed by atoms with Gasteiger partial charge in [-0.2, -0.15) is 4.68 Å². The molecule has 0 aliphatic carbocycles. The number of rotatable bonds is 6. The minimum atomic E-state index is -0.732. The van der Waals surface area contributed by atoms with Gasteiger partial charge in [0.1, 0.15) is 12.2 Å². The Kier molecular flexibility index (Phi) is 5.53. The van der Waals surface area contributed by atoms with Crippen molar-refractivity contribution < 1.29 is 9.21 Å². The van der Waals surface area contributed by atoms with Gasteiger partial charge in [-0.25, -0.2) is 14.8 Å². The second-order valence-electron chi connectivity index (χ2n) is 7.35. The van der Waals surface area contributed by atoms with Crippen LogP contribution in [0, 0.1) is 6.92 Å². The summed E-state index contributed by atoms with van der Waals surface area (Å²) < 4.78 is 9.13. The lowest BCUT2D eigenvalue weighted by atomic mass is 10.2. The van der Waals surface area contributed by atoms with Gasteiger partial charge in [-0.1, -0.05) is 23.7 Å². The van der Waals surface area contributed by atoms with Gasteiger partial charge in [-0.05, 0) is 42.8 Å². The van der Waals surface area contributed by atoms with Gasteiger partial charge >= 0.3 is 5.76 Å². The van der Waals surface area contributed by atoms with E-state index in [4.69, 9.17) is 16.0 Å². The van der Waals surface area contributed by atoms with Gasteiger partial charge in [-0.3, -0.25) is 4.79 Å². The highest BCUT2D eigenvalue weighted by molar-refractivity contribution is 7.16. The predicted octanol–water partition coefficient (Wildman–Crippen LogP) is 3.96. The number of aromatic nitrogens is 5. The molecule has 1 N–H and O–H groups in total. The van der Waals surface area contributed by atoms with E-state index < -0.39 is 11.7 Å². The molecule has 0 aliphatic rings. The van der Waals surface area contributed by atoms with E-state index in [1.54, 1.807) is 17.9 Å². The van der Waals surface area contributed by atoms with Crippen LogP contribution in [-0.4, -0.2) is 30.2 Å². The average Bonchev–Trinajstić information content (AvgIpc) is 3.49. The summed E-state index contributed by atoms with van der Waals surface area (Å²) >= 11 is 7.43. The van der Waals surface area contributed by atoms with Gasteiger partial charge in [0, 0.05) is 22.9 Å². The molecule has 1 amide bonds. The largest absolute Gasteiger partial charge is 0.437 e. The number of fused-ring (bicyclic) bond motifs is 1. The highest BCUT2D eigenvalue weighted by Crippen LogP contribution is 2.22. The molecular weight excluding hydrogens is 464 g/mol. The first kappa shape index (κ1) is 21.1. The molecule has 0 bridgehead atoms. The van der Waals surface area contributed by atoms with Crippen LogP contribution >= 0.6 is 22.9 Å². The molecule has 0 unspecified atom stereocenters. The van der Waals surface area contributed by atoms with Crippen molar-refractivity contribution in [2.75, 3.05) is 5.32 Å². The highest BCUT2D eigenvalue weighted by Gasteiger charge is 2.18. The van der Waals surface area contributed by atoms with E-state index in [0.29, 0.717) is 22.9 Å². The number of nitrogens with one attached hydrogen (secondary N) is 1. The molecule has 9 nitrogen and oxygen atoms in total. The average molecular weight is 481 g/mol. The Morgan fingerprint density at radius 2 is 2.00 bits per heavy atom. The highest BCUT2D eigenvalue weighted by atomic mass is 35.5. The van der Waals surface area contributed by atoms with Crippen LogP contribution in [-0.2, 0) is 17.9 Å². The first-order valence-electron chi connectivity index (χ1n) is 9.94. The third kappa shape index (κ3) is 4.43. The number of amides is 1. The van der Waals surface area contributed by atoms with Crippen LogP contribution in [0.4, 0.5) is 5.69 Å². The van der Waals surface area contributed by atoms with Gasteiger partial charge < -0.3 is 14.3 Å². The van der Waals surface area contributed by atoms with E-state index in [1.807, 2.05) is 47.9 Å². The Labute approximate surface area is 196 Å². The predicted molar refractivity (Wildman–Crippen MR) is 126 cm³/mol. The van der Waals surface area contributed by atoms with E-state index in [9.17, 15) is 9.59 Å². The summed E-state index contributed by atoms with van der Waals surface area (Å²) in [6, 6.07) is 12.9. The maximum absolute atomic E-state index is 12.5. The van der Waals surface area contributed by atoms with Gasteiger partial charge in [0.2, 0.25) is 5.91 Å². The maximum atomic E-state index is 12.5. The molecule has 166 valence electrons. The molecule has 0 fully saturated rings. The summed E-state index contributed by atoms with van der Waals surface area (Å²) in [5.74, 6) is -1.07. The molecule has 0 radical (unpaired) electrons. The number of carbonyl (C=O) groups is 1. The molecule has 11 heteroatoms. The van der Waals surface area contributed by atoms with E-state index in [-0.39, 0.29) is 12.4 Å². The Bertz CT molecular complexity index is 1520. The van der Waals surface area contributed by atoms with Gasteiger partial charge in [-0.15, -0.1) is 16.4 Å². The molecule has 3 aromatic heterocycles. The zero-order chi connectivity index (χ0) is 22.9. The minimum Gasteiger partial charge on any atom is -0.386 e. The quantitative estimate of drug-likeness (QED) is 0.394. The molecule has 0 spiro atoms. The minimum absolute atomic E-state index is 0.0613. The summed E-state index contributed by atoms with van der Waals surface area (Å²) in [5.41, 5.74) is 5.49. The second-order valence-corrected chi connectivity index (χ2v) is 8.67. The smallest absolute Gasteiger partial charge is 0.386 e. The number of carbonyl (C=O) groups excluding carboxylic acids is 1. The zero-order valence-electron chi connectivity index (χ0n) is 17.4. The summed E-state index contributed by atoms with van der Waals surface area (Å²) in [4.78, 5) is 33.3. The van der Waals surface area contributed by atoms with Crippen molar-refractivity contribution >= 4 is 44.7 Å². The number of anilines is 1. The van der Waals surface area contributed by atoms with Gasteiger partial charge in [0.05, 0.1) is 22.1 Å². The van der Waals surface area contributed by atoms with Crippen molar-refractivity contribution in [2.45, 2.75) is 20.0 Å². The van der Waals surface area contributed by atoms with Crippen molar-refractivity contribution in [3.05, 3.63) is 81.1 Å². The summed E-state index contributed by atoms with van der Waals surface area (Å²) in [6.07, 6.45) is 1.65. The molecule has 33 heavy (non-hydrogen) atoms. The Morgan fingerprint density at radius 3 is 2.82 bits per heavy atom. The van der Waals surface area contributed by atoms with E-state index >= 15 is 0 Å². The van der Waals surface area contributed by atoms with Crippen molar-refractivity contribution in [2.24, 2.45) is 0 Å².